The second-order valence-electron chi connectivity index (χ2n) is 8.48. The van der Waals surface area contributed by atoms with Crippen molar-refractivity contribution in [3.05, 3.63) is 109 Å². The van der Waals surface area contributed by atoms with Crippen molar-refractivity contribution < 1.29 is 31.8 Å². The van der Waals surface area contributed by atoms with Crippen LogP contribution in [0.5, 0.6) is 11.5 Å². The van der Waals surface area contributed by atoms with Crippen LogP contribution in [-0.4, -0.2) is 34.1 Å². The lowest BCUT2D eigenvalue weighted by atomic mass is 10.0. The zero-order chi connectivity index (χ0) is 28.3. The molecule has 0 saturated heterocycles. The van der Waals surface area contributed by atoms with E-state index in [4.69, 9.17) is 4.74 Å². The number of amides is 1. The number of hydrogen-bond acceptors (Lipinski definition) is 5. The summed E-state index contributed by atoms with van der Waals surface area (Å²) in [7, 11) is 1.49. The van der Waals surface area contributed by atoms with E-state index in [0.29, 0.717) is 34.1 Å². The van der Waals surface area contributed by atoms with Gasteiger partial charge in [-0.1, -0.05) is 18.2 Å². The molecule has 0 spiro atoms. The number of alkyl halides is 3. The third-order valence-corrected chi connectivity index (χ3v) is 5.85. The number of carbonyl (C=O) groups excluding carboxylic acids is 1. The minimum absolute atomic E-state index is 0.240. The Hall–Kier alpha value is -5.19. The van der Waals surface area contributed by atoms with Crippen LogP contribution < -0.4 is 14.8 Å². The zero-order valence-electron chi connectivity index (χ0n) is 20.8. The van der Waals surface area contributed by atoms with E-state index < -0.39 is 18.1 Å². The number of anilines is 1. The summed E-state index contributed by atoms with van der Waals surface area (Å²) in [5.74, 6) is -0.399. The van der Waals surface area contributed by atoms with Crippen molar-refractivity contribution in [1.29, 1.82) is 0 Å². The Morgan fingerprint density at radius 1 is 0.900 bits per heavy atom. The Morgan fingerprint density at radius 2 is 1.62 bits per heavy atom. The highest BCUT2D eigenvalue weighted by Crippen LogP contribution is 2.32. The van der Waals surface area contributed by atoms with Crippen molar-refractivity contribution in [3.63, 3.8) is 0 Å². The third-order valence-electron chi connectivity index (χ3n) is 5.85. The van der Waals surface area contributed by atoms with Gasteiger partial charge in [0, 0.05) is 27.9 Å². The summed E-state index contributed by atoms with van der Waals surface area (Å²) in [4.78, 5) is 17.2. The lowest BCUT2D eigenvalue weighted by Gasteiger charge is -2.11. The van der Waals surface area contributed by atoms with Crippen molar-refractivity contribution in [2.24, 2.45) is 0 Å². The van der Waals surface area contributed by atoms with Gasteiger partial charge >= 0.3 is 6.36 Å². The fraction of sp³-hybridized carbons (Fsp3) is 0.0690. The van der Waals surface area contributed by atoms with E-state index in [2.05, 4.69) is 20.1 Å². The molecule has 5 rings (SSSR count). The molecule has 1 N–H and O–H groups in total. The number of aromatic nitrogens is 3. The van der Waals surface area contributed by atoms with Crippen LogP contribution in [0.3, 0.4) is 0 Å². The third kappa shape index (κ3) is 5.93. The van der Waals surface area contributed by atoms with Crippen LogP contribution >= 0.6 is 0 Å². The Kier molecular flexibility index (Phi) is 7.19. The van der Waals surface area contributed by atoms with Crippen LogP contribution in [0.15, 0.2) is 97.3 Å². The number of methoxy groups -OCH3 is 1. The van der Waals surface area contributed by atoms with E-state index in [1.165, 1.54) is 60.6 Å². The molecule has 0 aliphatic carbocycles. The molecule has 1 aromatic heterocycles. The standard InChI is InChI=1S/C29H20F4N4O3/c1-39-26-5-3-2-4-23(26)24-16-19(8-15-25(24)30)28(38)35-20-9-6-18(7-10-20)27-34-17-37(36-27)21-11-13-22(14-12-21)40-29(31,32)33/h2-17H,1H3,(H,35,38). The molecule has 40 heavy (non-hydrogen) atoms. The highest BCUT2D eigenvalue weighted by molar-refractivity contribution is 6.05. The predicted molar refractivity (Wildman–Crippen MR) is 140 cm³/mol. The molecule has 0 atom stereocenters. The number of rotatable bonds is 7. The van der Waals surface area contributed by atoms with Gasteiger partial charge in [0.15, 0.2) is 5.82 Å². The quantitative estimate of drug-likeness (QED) is 0.224. The van der Waals surface area contributed by atoms with Crippen molar-refractivity contribution in [3.8, 4) is 39.7 Å². The Morgan fingerprint density at radius 3 is 2.33 bits per heavy atom. The molecule has 0 bridgehead atoms. The Labute approximate surface area is 225 Å². The molecule has 5 aromatic rings. The largest absolute Gasteiger partial charge is 0.573 e. The maximum absolute atomic E-state index is 14.6. The Bertz CT molecular complexity index is 1650. The number of para-hydroxylation sites is 1. The minimum atomic E-state index is -4.77. The van der Waals surface area contributed by atoms with Crippen LogP contribution in [0.2, 0.25) is 0 Å². The first-order valence-electron chi connectivity index (χ1n) is 11.8. The average Bonchev–Trinajstić information content (AvgIpc) is 3.43. The summed E-state index contributed by atoms with van der Waals surface area (Å²) in [6.45, 7) is 0. The average molecular weight is 548 g/mol. The molecule has 0 radical (unpaired) electrons. The molecule has 7 nitrogen and oxygen atoms in total. The monoisotopic (exact) mass is 548 g/mol. The van der Waals surface area contributed by atoms with Crippen molar-refractivity contribution in [1.82, 2.24) is 14.8 Å². The first-order valence-corrected chi connectivity index (χ1v) is 11.8. The van der Waals surface area contributed by atoms with Gasteiger partial charge in [0.1, 0.15) is 23.6 Å². The summed E-state index contributed by atoms with van der Waals surface area (Å²) < 4.78 is 62.3. The Balaban J connectivity index is 1.28. The van der Waals surface area contributed by atoms with Gasteiger partial charge in [0.2, 0.25) is 0 Å². The lowest BCUT2D eigenvalue weighted by molar-refractivity contribution is -0.274. The van der Waals surface area contributed by atoms with Crippen LogP contribution in [0.4, 0.5) is 23.2 Å². The second-order valence-corrected chi connectivity index (χ2v) is 8.48. The number of hydrogen-bond donors (Lipinski definition) is 1. The van der Waals surface area contributed by atoms with Gasteiger partial charge in [0.25, 0.3) is 5.91 Å². The van der Waals surface area contributed by atoms with Gasteiger partial charge in [-0.2, -0.15) is 0 Å². The number of nitrogens with zero attached hydrogens (tertiary/aromatic N) is 3. The van der Waals surface area contributed by atoms with Crippen LogP contribution in [0, 0.1) is 5.82 Å². The van der Waals surface area contributed by atoms with Crippen molar-refractivity contribution >= 4 is 11.6 Å². The van der Waals surface area contributed by atoms with Crippen molar-refractivity contribution in [2.45, 2.75) is 6.36 Å². The van der Waals surface area contributed by atoms with Gasteiger partial charge in [-0.15, -0.1) is 18.3 Å². The summed E-state index contributed by atoms with van der Waals surface area (Å²) >= 11 is 0. The maximum atomic E-state index is 14.6. The summed E-state index contributed by atoms with van der Waals surface area (Å²) in [5, 5.41) is 7.15. The van der Waals surface area contributed by atoms with E-state index >= 15 is 0 Å². The van der Waals surface area contributed by atoms with Gasteiger partial charge in [-0.25, -0.2) is 14.1 Å². The van der Waals surface area contributed by atoms with Gasteiger partial charge < -0.3 is 14.8 Å². The minimum Gasteiger partial charge on any atom is -0.496 e. The molecule has 1 heterocycles. The molecule has 0 fully saturated rings. The molecule has 11 heteroatoms. The molecule has 0 saturated carbocycles. The predicted octanol–water partition coefficient (Wildman–Crippen LogP) is 6.90. The molecule has 0 unspecified atom stereocenters. The fourth-order valence-electron chi connectivity index (χ4n) is 3.97. The first-order chi connectivity index (χ1) is 19.2. The molecular weight excluding hydrogens is 528 g/mol. The van der Waals surface area contributed by atoms with Crippen LogP contribution in [0.25, 0.3) is 28.2 Å². The van der Waals surface area contributed by atoms with Gasteiger partial charge in [-0.05, 0) is 72.8 Å². The molecule has 4 aromatic carbocycles. The molecule has 0 aliphatic heterocycles. The van der Waals surface area contributed by atoms with Crippen LogP contribution in [0.1, 0.15) is 10.4 Å². The normalized spacial score (nSPS) is 11.2. The molecule has 202 valence electrons. The lowest BCUT2D eigenvalue weighted by Crippen LogP contribution is -2.17. The van der Waals surface area contributed by atoms with E-state index in [0.717, 1.165) is 0 Å². The van der Waals surface area contributed by atoms with Crippen molar-refractivity contribution in [2.75, 3.05) is 12.4 Å². The summed E-state index contributed by atoms with van der Waals surface area (Å²) in [5.41, 5.74) is 2.66. The molecule has 1 amide bonds. The van der Waals surface area contributed by atoms with Gasteiger partial charge in [-0.3, -0.25) is 4.79 Å². The van der Waals surface area contributed by atoms with E-state index in [-0.39, 0.29) is 16.9 Å². The number of carbonyl (C=O) groups is 1. The smallest absolute Gasteiger partial charge is 0.496 e. The highest BCUT2D eigenvalue weighted by Gasteiger charge is 2.31. The van der Waals surface area contributed by atoms with E-state index in [9.17, 15) is 22.4 Å². The number of benzene rings is 4. The van der Waals surface area contributed by atoms with E-state index in [1.807, 2.05) is 0 Å². The highest BCUT2D eigenvalue weighted by atomic mass is 19.4. The number of nitrogens with one attached hydrogen (secondary N) is 1. The fourth-order valence-corrected chi connectivity index (χ4v) is 3.97. The zero-order valence-corrected chi connectivity index (χ0v) is 20.8. The number of ether oxygens (including phenoxy) is 2. The SMILES string of the molecule is COc1ccccc1-c1cc(C(=O)Nc2ccc(-c3ncn(-c4ccc(OC(F)(F)F)cc4)n3)cc2)ccc1F. The van der Waals surface area contributed by atoms with Crippen LogP contribution in [-0.2, 0) is 0 Å². The second kappa shape index (κ2) is 10.9. The summed E-state index contributed by atoms with van der Waals surface area (Å²) in [6.07, 6.45) is -3.34. The summed E-state index contributed by atoms with van der Waals surface area (Å²) in [6, 6.07) is 23.0. The first kappa shape index (κ1) is 26.4. The van der Waals surface area contributed by atoms with E-state index in [1.54, 1.807) is 48.5 Å². The number of halogens is 4. The molecular formula is C29H20F4N4O3. The topological polar surface area (TPSA) is 78.3 Å². The molecule has 0 aliphatic rings. The maximum Gasteiger partial charge on any atom is 0.573 e. The van der Waals surface area contributed by atoms with Gasteiger partial charge in [0.05, 0.1) is 12.8 Å².